The minimum atomic E-state index is -3.69. The molecule has 0 fully saturated rings. The first-order valence-electron chi connectivity index (χ1n) is 9.55. The molecule has 0 aromatic heterocycles. The van der Waals surface area contributed by atoms with Crippen molar-refractivity contribution in [1.29, 1.82) is 0 Å². The summed E-state index contributed by atoms with van der Waals surface area (Å²) in [4.78, 5) is 0.667. The Kier molecular flexibility index (Phi) is 7.12. The summed E-state index contributed by atoms with van der Waals surface area (Å²) in [5.41, 5.74) is 0. The fraction of sp³-hybridized carbons (Fsp3) is 0. The minimum absolute atomic E-state index is 0.110. The summed E-state index contributed by atoms with van der Waals surface area (Å²) >= 11 is 4.23. The fourth-order valence-electron chi connectivity index (χ4n) is 3.03. The van der Waals surface area contributed by atoms with Crippen LogP contribution in [-0.4, -0.2) is 16.8 Å². The second-order valence-corrected chi connectivity index (χ2v) is 13.4. The van der Waals surface area contributed by atoms with Crippen LogP contribution < -0.4 is 4.74 Å². The Morgan fingerprint density at radius 3 is 1.39 bits per heavy atom. The van der Waals surface area contributed by atoms with Crippen molar-refractivity contribution >= 4 is 64.9 Å². The maximum atomic E-state index is 12.9. The van der Waals surface area contributed by atoms with Crippen molar-refractivity contribution in [2.45, 2.75) is 19.6 Å². The Hall–Kier alpha value is -1.96. The summed E-state index contributed by atoms with van der Waals surface area (Å²) in [7, 11) is -7.34. The summed E-state index contributed by atoms with van der Waals surface area (Å²) in [6.07, 6.45) is 0. The van der Waals surface area contributed by atoms with E-state index in [1.165, 1.54) is 24.3 Å². The minimum Gasteiger partial charge on any atom is -0.457 e. The van der Waals surface area contributed by atoms with Gasteiger partial charge in [-0.2, -0.15) is 0 Å². The van der Waals surface area contributed by atoms with Crippen LogP contribution in [0.25, 0.3) is 0 Å². The number of halogens is 2. The first-order valence-corrected chi connectivity index (χ1v) is 14.7. The average Bonchev–Trinajstić information content (AvgIpc) is 2.80. The Morgan fingerprint density at radius 1 is 0.485 bits per heavy atom. The van der Waals surface area contributed by atoms with E-state index in [0.29, 0.717) is 11.5 Å². The Labute approximate surface area is 219 Å². The van der Waals surface area contributed by atoms with Crippen molar-refractivity contribution in [1.82, 2.24) is 0 Å². The highest BCUT2D eigenvalue weighted by molar-refractivity contribution is 14.1. The molecule has 0 atom stereocenters. The maximum Gasteiger partial charge on any atom is 0.206 e. The normalized spacial score (nSPS) is 11.8. The van der Waals surface area contributed by atoms with E-state index in [4.69, 9.17) is 4.74 Å². The van der Waals surface area contributed by atoms with Crippen LogP contribution >= 0.6 is 45.2 Å². The molecule has 0 spiro atoms. The monoisotopic (exact) mass is 702 g/mol. The van der Waals surface area contributed by atoms with Crippen LogP contribution in [0.2, 0.25) is 0 Å². The lowest BCUT2D eigenvalue weighted by molar-refractivity contribution is 0.480. The molecule has 0 unspecified atom stereocenters. The summed E-state index contributed by atoms with van der Waals surface area (Å²) in [5, 5.41) is 0. The summed E-state index contributed by atoms with van der Waals surface area (Å²) in [6, 6.07) is 25.4. The molecule has 0 aliphatic rings. The Bertz CT molecular complexity index is 1500. The summed E-state index contributed by atoms with van der Waals surface area (Å²) in [6.45, 7) is 0. The van der Waals surface area contributed by atoms with Gasteiger partial charge < -0.3 is 4.74 Å². The lowest BCUT2D eigenvalue weighted by Gasteiger charge is -2.10. The van der Waals surface area contributed by atoms with E-state index < -0.39 is 19.7 Å². The molecular weight excluding hydrogens is 686 g/mol. The highest BCUT2D eigenvalue weighted by Gasteiger charge is 2.19. The third kappa shape index (κ3) is 5.42. The molecule has 0 aliphatic heterocycles. The van der Waals surface area contributed by atoms with Crippen LogP contribution in [0.1, 0.15) is 0 Å². The number of ether oxygens (including phenoxy) is 1. The van der Waals surface area contributed by atoms with Gasteiger partial charge in [0, 0.05) is 7.14 Å². The van der Waals surface area contributed by atoms with Crippen LogP contribution in [0.5, 0.6) is 11.5 Å². The van der Waals surface area contributed by atoms with Gasteiger partial charge >= 0.3 is 0 Å². The third-order valence-corrected chi connectivity index (χ3v) is 9.72. The zero-order valence-electron chi connectivity index (χ0n) is 16.9. The van der Waals surface area contributed by atoms with Crippen molar-refractivity contribution in [3.63, 3.8) is 0 Å². The lowest BCUT2D eigenvalue weighted by atomic mass is 10.3. The van der Waals surface area contributed by atoms with Gasteiger partial charge in [0.05, 0.1) is 19.6 Å². The van der Waals surface area contributed by atoms with E-state index in [1.807, 2.05) is 0 Å². The maximum absolute atomic E-state index is 12.9. The molecule has 33 heavy (non-hydrogen) atoms. The van der Waals surface area contributed by atoms with Gasteiger partial charge in [0.2, 0.25) is 19.7 Å². The van der Waals surface area contributed by atoms with E-state index in [0.717, 1.165) is 7.14 Å². The smallest absolute Gasteiger partial charge is 0.206 e. The largest absolute Gasteiger partial charge is 0.457 e. The van der Waals surface area contributed by atoms with Crippen LogP contribution in [0.15, 0.2) is 117 Å². The molecule has 4 rings (SSSR count). The number of sulfone groups is 2. The van der Waals surface area contributed by atoms with Gasteiger partial charge in [0.25, 0.3) is 0 Å². The van der Waals surface area contributed by atoms with E-state index in [9.17, 15) is 16.8 Å². The number of hydrogen-bond donors (Lipinski definition) is 0. The molecular formula is C24H16I2O5S2. The third-order valence-electron chi connectivity index (χ3n) is 4.73. The topological polar surface area (TPSA) is 77.5 Å². The Balaban J connectivity index is 1.57. The molecule has 0 amide bonds. The molecule has 0 N–H and O–H groups in total. The SMILES string of the molecule is O=S(=O)(c1ccc(I)cc1)c1ccc(Oc2cccc(S(=O)(=O)c3ccc(I)cc3)c2)cc1. The van der Waals surface area contributed by atoms with Crippen LogP contribution in [0.3, 0.4) is 0 Å². The van der Waals surface area contributed by atoms with Crippen molar-refractivity contribution in [3.05, 3.63) is 104 Å². The number of rotatable bonds is 6. The van der Waals surface area contributed by atoms with E-state index in [1.54, 1.807) is 72.8 Å². The zero-order valence-corrected chi connectivity index (χ0v) is 22.8. The van der Waals surface area contributed by atoms with Crippen molar-refractivity contribution < 1.29 is 21.6 Å². The predicted molar refractivity (Wildman–Crippen MR) is 142 cm³/mol. The van der Waals surface area contributed by atoms with Gasteiger partial charge in [-0.15, -0.1) is 0 Å². The van der Waals surface area contributed by atoms with E-state index in [-0.39, 0.29) is 19.6 Å². The molecule has 0 heterocycles. The molecule has 4 aromatic carbocycles. The van der Waals surface area contributed by atoms with Gasteiger partial charge in [0.15, 0.2) is 0 Å². The van der Waals surface area contributed by atoms with Gasteiger partial charge in [-0.1, -0.05) is 6.07 Å². The molecule has 9 heteroatoms. The van der Waals surface area contributed by atoms with E-state index >= 15 is 0 Å². The number of hydrogen-bond acceptors (Lipinski definition) is 5. The highest BCUT2D eigenvalue weighted by Crippen LogP contribution is 2.29. The lowest BCUT2D eigenvalue weighted by Crippen LogP contribution is -2.02. The van der Waals surface area contributed by atoms with Gasteiger partial charge in [-0.25, -0.2) is 16.8 Å². The fourth-order valence-corrected chi connectivity index (χ4v) is 6.30. The van der Waals surface area contributed by atoms with Gasteiger partial charge in [-0.05, 0) is 136 Å². The first-order chi connectivity index (χ1) is 15.7. The second-order valence-electron chi connectivity index (χ2n) is 6.96. The van der Waals surface area contributed by atoms with Gasteiger partial charge in [-0.3, -0.25) is 0 Å². The second kappa shape index (κ2) is 9.72. The van der Waals surface area contributed by atoms with Crippen molar-refractivity contribution in [2.75, 3.05) is 0 Å². The van der Waals surface area contributed by atoms with E-state index in [2.05, 4.69) is 45.2 Å². The van der Waals surface area contributed by atoms with Crippen LogP contribution in [0, 0.1) is 7.14 Å². The first kappa shape index (κ1) is 24.2. The highest BCUT2D eigenvalue weighted by atomic mass is 127. The molecule has 5 nitrogen and oxygen atoms in total. The summed E-state index contributed by atoms with van der Waals surface area (Å²) < 4.78 is 59.2. The molecule has 0 radical (unpaired) electrons. The average molecular weight is 702 g/mol. The van der Waals surface area contributed by atoms with Crippen molar-refractivity contribution in [2.24, 2.45) is 0 Å². The van der Waals surface area contributed by atoms with Gasteiger partial charge in [0.1, 0.15) is 11.5 Å². The molecule has 168 valence electrons. The number of benzene rings is 4. The molecule has 0 saturated carbocycles. The quantitative estimate of drug-likeness (QED) is 0.219. The zero-order chi connectivity index (χ0) is 23.6. The Morgan fingerprint density at radius 2 is 0.909 bits per heavy atom. The van der Waals surface area contributed by atoms with Crippen molar-refractivity contribution in [3.8, 4) is 11.5 Å². The molecule has 0 saturated heterocycles. The standard InChI is InChI=1S/C24H16I2O5S2/c25-17-4-10-21(11-5-17)32(27,28)23-14-8-19(9-15-23)31-20-2-1-3-24(16-20)33(29,30)22-12-6-18(26)7-13-22/h1-16H. The molecule has 0 bridgehead atoms. The molecule has 4 aromatic rings. The predicted octanol–water partition coefficient (Wildman–Crippen LogP) is 6.35. The molecule has 0 aliphatic carbocycles. The summed E-state index contributed by atoms with van der Waals surface area (Å²) in [5.74, 6) is 0.718. The van der Waals surface area contributed by atoms with Crippen LogP contribution in [0.4, 0.5) is 0 Å². The van der Waals surface area contributed by atoms with Crippen LogP contribution in [-0.2, 0) is 19.7 Å².